The molecule has 6 heteroatoms. The van der Waals surface area contributed by atoms with Crippen LogP contribution >= 0.6 is 0 Å². The highest BCUT2D eigenvalue weighted by Crippen LogP contribution is 2.13. The Balaban J connectivity index is 2.24. The summed E-state index contributed by atoms with van der Waals surface area (Å²) >= 11 is 0. The molecule has 0 aliphatic rings. The molecule has 0 radical (unpaired) electrons. The second-order valence-corrected chi connectivity index (χ2v) is 6.32. The van der Waals surface area contributed by atoms with Crippen LogP contribution in [0.5, 0.6) is 0 Å². The summed E-state index contributed by atoms with van der Waals surface area (Å²) in [5, 5.41) is 0. The molecule has 1 rings (SSSR count). The van der Waals surface area contributed by atoms with Gasteiger partial charge < -0.3 is 0 Å². The highest BCUT2D eigenvalue weighted by molar-refractivity contribution is 7.86. The third kappa shape index (κ3) is 7.24. The van der Waals surface area contributed by atoms with E-state index >= 15 is 0 Å². The summed E-state index contributed by atoms with van der Waals surface area (Å²) in [6.07, 6.45) is 6.37. The molecule has 0 atom stereocenters. The fourth-order valence-corrected chi connectivity index (χ4v) is 2.54. The monoisotopic (exact) mass is 314 g/mol. The minimum atomic E-state index is -4.04. The normalized spacial score (nSPS) is 11.3. The van der Waals surface area contributed by atoms with E-state index in [1.807, 2.05) is 0 Å². The van der Waals surface area contributed by atoms with Gasteiger partial charge in [-0.3, -0.25) is 4.89 Å². The van der Waals surface area contributed by atoms with E-state index in [1.165, 1.54) is 25.0 Å². The van der Waals surface area contributed by atoms with Gasteiger partial charge in [0, 0.05) is 6.42 Å². The quantitative estimate of drug-likeness (QED) is 0.375. The molecule has 0 N–H and O–H groups in total. The van der Waals surface area contributed by atoms with Crippen molar-refractivity contribution in [1.82, 2.24) is 0 Å². The summed E-state index contributed by atoms with van der Waals surface area (Å²) in [6, 6.07) is 7.56. The Kier molecular flexibility index (Phi) is 8.00. The average Bonchev–Trinajstić information content (AvgIpc) is 2.50. The molecule has 0 aliphatic heterocycles. The molecule has 0 heterocycles. The van der Waals surface area contributed by atoms with E-state index in [0.717, 1.165) is 19.3 Å². The predicted octanol–water partition coefficient (Wildman–Crippen LogP) is 3.60. The van der Waals surface area contributed by atoms with Crippen LogP contribution in [0, 0.1) is 0 Å². The Bertz CT molecular complexity index is 510. The molecular formula is C15H22O5S. The van der Waals surface area contributed by atoms with Gasteiger partial charge in [0.2, 0.25) is 0 Å². The van der Waals surface area contributed by atoms with Gasteiger partial charge >= 0.3 is 16.1 Å². The Morgan fingerprint density at radius 2 is 1.62 bits per heavy atom. The van der Waals surface area contributed by atoms with Crippen LogP contribution in [0.15, 0.2) is 35.2 Å². The van der Waals surface area contributed by atoms with Crippen LogP contribution in [-0.4, -0.2) is 14.4 Å². The Labute approximate surface area is 126 Å². The molecule has 0 saturated heterocycles. The van der Waals surface area contributed by atoms with Crippen molar-refractivity contribution >= 4 is 16.1 Å². The maximum absolute atomic E-state index is 11.7. The predicted molar refractivity (Wildman–Crippen MR) is 78.8 cm³/mol. The van der Waals surface area contributed by atoms with Gasteiger partial charge in [0.05, 0.1) is 4.90 Å². The van der Waals surface area contributed by atoms with Gasteiger partial charge in [-0.05, 0) is 22.9 Å². The van der Waals surface area contributed by atoms with E-state index in [9.17, 15) is 13.2 Å². The molecule has 0 spiro atoms. The van der Waals surface area contributed by atoms with E-state index in [1.54, 1.807) is 18.2 Å². The van der Waals surface area contributed by atoms with Crippen molar-refractivity contribution in [2.45, 2.75) is 56.8 Å². The van der Waals surface area contributed by atoms with Crippen LogP contribution in [0.3, 0.4) is 0 Å². The summed E-state index contributed by atoms with van der Waals surface area (Å²) in [7, 11) is -4.04. The van der Waals surface area contributed by atoms with E-state index in [0.29, 0.717) is 6.42 Å². The lowest BCUT2D eigenvalue weighted by molar-refractivity contribution is -0.211. The van der Waals surface area contributed by atoms with Crippen molar-refractivity contribution in [1.29, 1.82) is 0 Å². The minimum absolute atomic E-state index is 0.0441. The molecule has 0 amide bonds. The van der Waals surface area contributed by atoms with Crippen molar-refractivity contribution < 1.29 is 22.4 Å². The molecule has 21 heavy (non-hydrogen) atoms. The van der Waals surface area contributed by atoms with Crippen molar-refractivity contribution in [3.8, 4) is 0 Å². The van der Waals surface area contributed by atoms with Gasteiger partial charge in [-0.15, -0.1) is 0 Å². The Morgan fingerprint density at radius 1 is 1.00 bits per heavy atom. The third-order valence-electron chi connectivity index (χ3n) is 2.98. The highest BCUT2D eigenvalue weighted by Gasteiger charge is 2.18. The smallest absolute Gasteiger partial charge is 0.281 e. The second-order valence-electron chi connectivity index (χ2n) is 4.81. The number of carbonyl (C=O) groups excluding carboxylic acids is 1. The number of carbonyl (C=O) groups is 1. The molecular weight excluding hydrogens is 292 g/mol. The SMILES string of the molecule is CCCCCCCCC(=O)OOS(=O)(=O)c1ccccc1. The Hall–Kier alpha value is -1.40. The summed E-state index contributed by atoms with van der Waals surface area (Å²) < 4.78 is 27.7. The van der Waals surface area contributed by atoms with Crippen molar-refractivity contribution in [3.05, 3.63) is 30.3 Å². The van der Waals surface area contributed by atoms with Crippen LogP contribution in [0.25, 0.3) is 0 Å². The first-order valence-electron chi connectivity index (χ1n) is 7.25. The average molecular weight is 314 g/mol. The summed E-state index contributed by atoms with van der Waals surface area (Å²) in [4.78, 5) is 15.7. The fraction of sp³-hybridized carbons (Fsp3) is 0.533. The van der Waals surface area contributed by atoms with Crippen LogP contribution in [0.4, 0.5) is 0 Å². The van der Waals surface area contributed by atoms with Gasteiger partial charge in [-0.1, -0.05) is 57.2 Å². The molecule has 1 aromatic carbocycles. The van der Waals surface area contributed by atoms with Crippen molar-refractivity contribution in [2.24, 2.45) is 0 Å². The first-order valence-corrected chi connectivity index (χ1v) is 8.66. The first kappa shape index (κ1) is 17.7. The molecule has 5 nitrogen and oxygen atoms in total. The Morgan fingerprint density at radius 3 is 2.29 bits per heavy atom. The van der Waals surface area contributed by atoms with Crippen LogP contribution < -0.4 is 0 Å². The first-order chi connectivity index (χ1) is 10.1. The lowest BCUT2D eigenvalue weighted by Gasteiger charge is -2.04. The molecule has 0 saturated carbocycles. The van der Waals surface area contributed by atoms with E-state index in [-0.39, 0.29) is 11.3 Å². The van der Waals surface area contributed by atoms with Gasteiger partial charge in [0.1, 0.15) is 0 Å². The number of benzene rings is 1. The zero-order chi connectivity index (χ0) is 15.6. The molecule has 0 bridgehead atoms. The van der Waals surface area contributed by atoms with E-state index in [2.05, 4.69) is 16.1 Å². The molecule has 118 valence electrons. The minimum Gasteiger partial charge on any atom is -0.281 e. The fourth-order valence-electron chi connectivity index (χ4n) is 1.80. The van der Waals surface area contributed by atoms with Crippen LogP contribution in [0.1, 0.15) is 51.9 Å². The van der Waals surface area contributed by atoms with Crippen molar-refractivity contribution in [2.75, 3.05) is 0 Å². The molecule has 0 unspecified atom stereocenters. The van der Waals surface area contributed by atoms with Gasteiger partial charge in [0.25, 0.3) is 0 Å². The highest BCUT2D eigenvalue weighted by atomic mass is 32.2. The van der Waals surface area contributed by atoms with Crippen LogP contribution in [-0.2, 0) is 24.1 Å². The van der Waals surface area contributed by atoms with Gasteiger partial charge in [-0.2, -0.15) is 8.42 Å². The molecule has 0 aromatic heterocycles. The maximum atomic E-state index is 11.7. The summed E-state index contributed by atoms with van der Waals surface area (Å²) in [6.45, 7) is 2.14. The lowest BCUT2D eigenvalue weighted by atomic mass is 10.1. The summed E-state index contributed by atoms with van der Waals surface area (Å²) in [5.74, 6) is -0.662. The number of hydrogen-bond acceptors (Lipinski definition) is 5. The van der Waals surface area contributed by atoms with Gasteiger partial charge in [0.15, 0.2) is 0 Å². The van der Waals surface area contributed by atoms with E-state index in [4.69, 9.17) is 0 Å². The third-order valence-corrected chi connectivity index (χ3v) is 4.08. The maximum Gasteiger partial charge on any atom is 0.343 e. The van der Waals surface area contributed by atoms with Crippen molar-refractivity contribution in [3.63, 3.8) is 0 Å². The van der Waals surface area contributed by atoms with E-state index < -0.39 is 16.1 Å². The lowest BCUT2D eigenvalue weighted by Crippen LogP contribution is -2.12. The molecule has 1 aromatic rings. The summed E-state index contributed by atoms with van der Waals surface area (Å²) in [5.41, 5.74) is 0. The number of unbranched alkanes of at least 4 members (excludes halogenated alkanes) is 5. The zero-order valence-corrected chi connectivity index (χ0v) is 13.1. The molecule has 0 aliphatic carbocycles. The standard InChI is InChI=1S/C15H22O5S/c1-2-3-4-5-6-10-13-15(16)19-20-21(17,18)14-11-8-7-9-12-14/h7-9,11-12H,2-6,10,13H2,1H3. The van der Waals surface area contributed by atoms with Gasteiger partial charge in [-0.25, -0.2) is 4.79 Å². The topological polar surface area (TPSA) is 69.7 Å². The zero-order valence-electron chi connectivity index (χ0n) is 12.3. The second kappa shape index (κ2) is 9.52. The number of rotatable bonds is 10. The number of hydrogen-bond donors (Lipinski definition) is 0. The largest absolute Gasteiger partial charge is 0.343 e. The molecule has 0 fully saturated rings. The van der Waals surface area contributed by atoms with Crippen LogP contribution in [0.2, 0.25) is 0 Å².